The third-order valence-corrected chi connectivity index (χ3v) is 4.34. The molecule has 9 heteroatoms. The van der Waals surface area contributed by atoms with Gasteiger partial charge in [-0.15, -0.1) is 0 Å². The normalized spacial score (nSPS) is 21.4. The van der Waals surface area contributed by atoms with E-state index in [4.69, 9.17) is 16.0 Å². The van der Waals surface area contributed by atoms with Gasteiger partial charge in [-0.25, -0.2) is 5.84 Å². The highest BCUT2D eigenvalue weighted by Gasteiger charge is 2.32. The van der Waals surface area contributed by atoms with Gasteiger partial charge in [-0.3, -0.25) is 9.69 Å². The number of nitrogens with two attached hydrogens (primary N) is 2. The van der Waals surface area contributed by atoms with Gasteiger partial charge in [0, 0.05) is 19.8 Å². The fraction of sp³-hybridized carbons (Fsp3) is 0.556. The molecule has 1 aliphatic heterocycles. The molecule has 0 bridgehead atoms. The molecule has 0 radical (unpaired) electrons. The number of nitrogens with zero attached hydrogens (tertiary/aromatic N) is 2. The molecule has 0 aromatic carbocycles. The number of hydrazine groups is 1. The van der Waals surface area contributed by atoms with Gasteiger partial charge in [0.15, 0.2) is 5.76 Å². The SMILES string of the molecule is CC(C)C(C=O)N(N)/C=C(\N)c1ccco1.CNC(=O)C1CC(O)CN1C. The number of carbonyl (C=O) groups excluding carboxylic acids is 2. The highest BCUT2D eigenvalue weighted by molar-refractivity contribution is 5.81. The van der Waals surface area contributed by atoms with Crippen molar-refractivity contribution in [3.8, 4) is 0 Å². The van der Waals surface area contributed by atoms with Gasteiger partial charge in [-0.2, -0.15) is 0 Å². The largest absolute Gasteiger partial charge is 0.463 e. The van der Waals surface area contributed by atoms with Crippen LogP contribution in [0.15, 0.2) is 29.0 Å². The number of aliphatic hydroxyl groups excluding tert-OH is 1. The number of likely N-dealkylation sites (N-methyl/N-ethyl adjacent to an activating group) is 2. The van der Waals surface area contributed by atoms with Crippen LogP contribution in [0.4, 0.5) is 0 Å². The van der Waals surface area contributed by atoms with Crippen LogP contribution in [0.5, 0.6) is 0 Å². The molecule has 2 rings (SSSR count). The van der Waals surface area contributed by atoms with Gasteiger partial charge in [-0.1, -0.05) is 13.8 Å². The lowest BCUT2D eigenvalue weighted by Gasteiger charge is -2.24. The van der Waals surface area contributed by atoms with Gasteiger partial charge in [-0.05, 0) is 31.5 Å². The summed E-state index contributed by atoms with van der Waals surface area (Å²) in [6.07, 6.45) is 4.03. The highest BCUT2D eigenvalue weighted by Crippen LogP contribution is 2.15. The molecule has 152 valence electrons. The van der Waals surface area contributed by atoms with E-state index >= 15 is 0 Å². The molecule has 0 spiro atoms. The molecular formula is C18H31N5O4. The van der Waals surface area contributed by atoms with Crippen molar-refractivity contribution < 1.29 is 19.1 Å². The molecule has 1 fully saturated rings. The predicted molar refractivity (Wildman–Crippen MR) is 103 cm³/mol. The Labute approximate surface area is 159 Å². The van der Waals surface area contributed by atoms with E-state index < -0.39 is 6.04 Å². The second-order valence-electron chi connectivity index (χ2n) is 6.84. The van der Waals surface area contributed by atoms with Crippen molar-refractivity contribution in [1.82, 2.24) is 15.2 Å². The molecule has 1 saturated heterocycles. The second kappa shape index (κ2) is 10.7. The monoisotopic (exact) mass is 381 g/mol. The van der Waals surface area contributed by atoms with E-state index in [0.29, 0.717) is 24.4 Å². The Bertz CT molecular complexity index is 617. The van der Waals surface area contributed by atoms with Crippen LogP contribution in [0.1, 0.15) is 26.0 Å². The van der Waals surface area contributed by atoms with E-state index in [-0.39, 0.29) is 24.0 Å². The topological polar surface area (TPSA) is 138 Å². The number of hydrogen-bond donors (Lipinski definition) is 4. The number of rotatable bonds is 6. The van der Waals surface area contributed by atoms with Crippen molar-refractivity contribution in [2.75, 3.05) is 20.6 Å². The van der Waals surface area contributed by atoms with Crippen molar-refractivity contribution in [3.63, 3.8) is 0 Å². The van der Waals surface area contributed by atoms with Crippen LogP contribution >= 0.6 is 0 Å². The Morgan fingerprint density at radius 1 is 1.52 bits per heavy atom. The van der Waals surface area contributed by atoms with E-state index in [2.05, 4.69) is 5.32 Å². The molecule has 27 heavy (non-hydrogen) atoms. The van der Waals surface area contributed by atoms with Crippen LogP contribution in [-0.4, -0.2) is 66.0 Å². The minimum atomic E-state index is -0.395. The van der Waals surface area contributed by atoms with Crippen LogP contribution in [0, 0.1) is 5.92 Å². The first-order valence-corrected chi connectivity index (χ1v) is 8.80. The summed E-state index contributed by atoms with van der Waals surface area (Å²) < 4.78 is 5.11. The molecule has 3 atom stereocenters. The third-order valence-electron chi connectivity index (χ3n) is 4.34. The number of β-amino-alcohol motifs (C(OH)–C–C–N with tert-alkyl or cyclic N) is 1. The molecule has 0 aliphatic carbocycles. The number of carbonyl (C=O) groups is 2. The number of amides is 1. The van der Waals surface area contributed by atoms with Crippen LogP contribution in [0.25, 0.3) is 5.70 Å². The van der Waals surface area contributed by atoms with Gasteiger partial charge >= 0.3 is 0 Å². The molecule has 1 aromatic heterocycles. The first kappa shape index (κ1) is 22.7. The summed E-state index contributed by atoms with van der Waals surface area (Å²) in [6.45, 7) is 4.42. The number of nitrogens with one attached hydrogen (secondary N) is 1. The van der Waals surface area contributed by atoms with Crippen molar-refractivity contribution >= 4 is 17.9 Å². The maximum absolute atomic E-state index is 11.1. The van der Waals surface area contributed by atoms with Gasteiger partial charge in [0.2, 0.25) is 5.91 Å². The molecule has 2 heterocycles. The molecular weight excluding hydrogens is 350 g/mol. The maximum atomic E-state index is 11.1. The van der Waals surface area contributed by atoms with E-state index in [0.717, 1.165) is 6.29 Å². The van der Waals surface area contributed by atoms with E-state index in [9.17, 15) is 14.7 Å². The smallest absolute Gasteiger partial charge is 0.237 e. The Morgan fingerprint density at radius 2 is 2.19 bits per heavy atom. The fourth-order valence-corrected chi connectivity index (χ4v) is 2.77. The molecule has 0 saturated carbocycles. The van der Waals surface area contributed by atoms with E-state index in [1.165, 1.54) is 17.5 Å². The Kier molecular flexibility index (Phi) is 8.99. The second-order valence-corrected chi connectivity index (χ2v) is 6.84. The number of likely N-dealkylation sites (tertiary alicyclic amines) is 1. The van der Waals surface area contributed by atoms with Crippen LogP contribution in [0.3, 0.4) is 0 Å². The maximum Gasteiger partial charge on any atom is 0.237 e. The number of aldehydes is 1. The molecule has 1 amide bonds. The molecule has 6 N–H and O–H groups in total. The summed E-state index contributed by atoms with van der Waals surface area (Å²) in [6, 6.07) is 2.92. The number of furan rings is 1. The summed E-state index contributed by atoms with van der Waals surface area (Å²) in [5.74, 6) is 6.38. The zero-order valence-electron chi connectivity index (χ0n) is 16.3. The van der Waals surface area contributed by atoms with Crippen molar-refractivity contribution in [2.24, 2.45) is 17.5 Å². The van der Waals surface area contributed by atoms with Gasteiger partial charge < -0.3 is 30.4 Å². The highest BCUT2D eigenvalue weighted by atomic mass is 16.3. The lowest BCUT2D eigenvalue weighted by Crippen LogP contribution is -2.41. The lowest BCUT2D eigenvalue weighted by molar-refractivity contribution is -0.124. The van der Waals surface area contributed by atoms with Crippen molar-refractivity contribution in [2.45, 2.75) is 38.5 Å². The number of hydrogen-bond acceptors (Lipinski definition) is 8. The quantitative estimate of drug-likeness (QED) is 0.300. The van der Waals surface area contributed by atoms with Crippen molar-refractivity contribution in [1.29, 1.82) is 0 Å². The molecule has 3 unspecified atom stereocenters. The summed E-state index contributed by atoms with van der Waals surface area (Å²) >= 11 is 0. The molecule has 1 aliphatic rings. The fourth-order valence-electron chi connectivity index (χ4n) is 2.77. The van der Waals surface area contributed by atoms with Gasteiger partial charge in [0.1, 0.15) is 12.3 Å². The summed E-state index contributed by atoms with van der Waals surface area (Å²) in [5.41, 5.74) is 6.15. The van der Waals surface area contributed by atoms with E-state index in [1.54, 1.807) is 19.2 Å². The summed E-state index contributed by atoms with van der Waals surface area (Å²) in [5, 5.41) is 13.1. The zero-order valence-corrected chi connectivity index (χ0v) is 16.3. The van der Waals surface area contributed by atoms with Crippen LogP contribution < -0.4 is 16.9 Å². The standard InChI is InChI=1S/C11H17N3O2.C7H14N2O2/c1-8(2)10(7-15)14(13)6-9(12)11-4-3-5-16-11;1-8-7(11)6-3-5(10)4-9(6)2/h3-8,10H,12-13H2,1-2H3;5-6,10H,3-4H2,1-2H3,(H,8,11)/b9-6-;. The lowest BCUT2D eigenvalue weighted by atomic mass is 10.1. The average molecular weight is 381 g/mol. The summed E-state index contributed by atoms with van der Waals surface area (Å²) in [4.78, 5) is 23.8. The van der Waals surface area contributed by atoms with Crippen molar-refractivity contribution in [3.05, 3.63) is 30.4 Å². The Morgan fingerprint density at radius 3 is 2.59 bits per heavy atom. The van der Waals surface area contributed by atoms with E-state index in [1.807, 2.05) is 25.8 Å². The minimum Gasteiger partial charge on any atom is -0.463 e. The average Bonchev–Trinajstić information content (AvgIpc) is 3.24. The van der Waals surface area contributed by atoms with Crippen LogP contribution in [-0.2, 0) is 9.59 Å². The first-order valence-electron chi connectivity index (χ1n) is 8.80. The third kappa shape index (κ3) is 6.70. The van der Waals surface area contributed by atoms with Gasteiger partial charge in [0.25, 0.3) is 0 Å². The Balaban J connectivity index is 0.000000289. The van der Waals surface area contributed by atoms with Crippen LogP contribution in [0.2, 0.25) is 0 Å². The molecule has 9 nitrogen and oxygen atoms in total. The predicted octanol–water partition coefficient (Wildman–Crippen LogP) is -0.267. The summed E-state index contributed by atoms with van der Waals surface area (Å²) in [7, 11) is 3.46. The minimum absolute atomic E-state index is 0.0101. The first-order chi connectivity index (χ1) is 12.7. The number of aliphatic hydroxyl groups is 1. The zero-order chi connectivity index (χ0) is 20.6. The molecule has 1 aromatic rings. The van der Waals surface area contributed by atoms with Gasteiger partial charge in [0.05, 0.1) is 24.1 Å². The Hall–Kier alpha value is -2.36.